The highest BCUT2D eigenvalue weighted by atomic mass is 19.4. The molecule has 3 N–H and O–H groups in total. The Balaban J connectivity index is 1.62. The zero-order valence-electron chi connectivity index (χ0n) is 22.4. The van der Waals surface area contributed by atoms with Crippen molar-refractivity contribution < 1.29 is 27.1 Å². The number of carbonyl (C=O) groups excluding carboxylic acids is 1. The number of carbonyl (C=O) groups is 1. The lowest BCUT2D eigenvalue weighted by molar-refractivity contribution is -0.137. The zero-order valence-corrected chi connectivity index (χ0v) is 22.4. The first-order valence-corrected chi connectivity index (χ1v) is 13.1. The number of nitrogens with zero attached hydrogens (tertiary/aromatic N) is 2. The molecule has 1 saturated heterocycles. The number of aromatic nitrogens is 3. The van der Waals surface area contributed by atoms with Gasteiger partial charge in [-0.3, -0.25) is 9.36 Å². The van der Waals surface area contributed by atoms with Gasteiger partial charge in [0.1, 0.15) is 13.0 Å². The molecule has 12 heteroatoms. The summed E-state index contributed by atoms with van der Waals surface area (Å²) in [4.78, 5) is 25.2. The molecule has 0 bridgehead atoms. The van der Waals surface area contributed by atoms with Crippen molar-refractivity contribution in [3.8, 4) is 0 Å². The fraction of sp³-hybridized carbons (Fsp3) is 0.464. The fourth-order valence-electron chi connectivity index (χ4n) is 5.31. The molecule has 2 heterocycles. The minimum atomic E-state index is -4.62. The van der Waals surface area contributed by atoms with Gasteiger partial charge in [0.15, 0.2) is 0 Å². The first-order valence-electron chi connectivity index (χ1n) is 13.1. The highest BCUT2D eigenvalue weighted by Gasteiger charge is 2.46. The number of ether oxygens (including phenoxy) is 1. The molecule has 216 valence electrons. The molecule has 40 heavy (non-hydrogen) atoms. The number of halogens is 4. The lowest BCUT2D eigenvalue weighted by Crippen LogP contribution is -2.61. The lowest BCUT2D eigenvalue weighted by Gasteiger charge is -2.47. The van der Waals surface area contributed by atoms with Crippen LogP contribution in [-0.4, -0.2) is 40.4 Å². The maximum Gasteiger partial charge on any atom is 0.416 e. The summed E-state index contributed by atoms with van der Waals surface area (Å²) in [7, 11) is 0. The van der Waals surface area contributed by atoms with Crippen molar-refractivity contribution in [3.05, 3.63) is 87.6 Å². The summed E-state index contributed by atoms with van der Waals surface area (Å²) >= 11 is 0. The van der Waals surface area contributed by atoms with E-state index in [0.29, 0.717) is 19.4 Å². The van der Waals surface area contributed by atoms with Gasteiger partial charge in [0.25, 0.3) is 0 Å². The van der Waals surface area contributed by atoms with Crippen molar-refractivity contribution in [2.75, 3.05) is 19.7 Å². The van der Waals surface area contributed by atoms with Crippen molar-refractivity contribution in [1.82, 2.24) is 25.4 Å². The first kappa shape index (κ1) is 29.5. The molecule has 0 unspecified atom stereocenters. The van der Waals surface area contributed by atoms with Gasteiger partial charge >= 0.3 is 11.9 Å². The van der Waals surface area contributed by atoms with E-state index in [4.69, 9.17) is 4.74 Å². The number of benzene rings is 2. The Hall–Kier alpha value is -3.51. The second-order valence-corrected chi connectivity index (χ2v) is 10.2. The number of amides is 1. The fourth-order valence-corrected chi connectivity index (χ4v) is 5.31. The van der Waals surface area contributed by atoms with Gasteiger partial charge in [-0.2, -0.15) is 18.3 Å². The van der Waals surface area contributed by atoms with Crippen LogP contribution in [0.2, 0.25) is 0 Å². The summed E-state index contributed by atoms with van der Waals surface area (Å²) in [5.74, 6) is -0.206. The smallest absolute Gasteiger partial charge is 0.372 e. The Morgan fingerprint density at radius 1 is 1.20 bits per heavy atom. The van der Waals surface area contributed by atoms with Crippen LogP contribution in [0, 0.1) is 0 Å². The van der Waals surface area contributed by atoms with Crippen molar-refractivity contribution in [1.29, 1.82) is 0 Å². The Morgan fingerprint density at radius 3 is 2.52 bits per heavy atom. The SMILES string of the molecule is CCNC(=O)C[C@]1(n2cn[nH]c2=O)CC[C@@](CO[C@H](C)c2cc(CF)cc(C(F)(F)F)c2)(c2ccccc2)NC1. The van der Waals surface area contributed by atoms with E-state index in [1.807, 2.05) is 37.3 Å². The molecule has 1 fully saturated rings. The van der Waals surface area contributed by atoms with Crippen molar-refractivity contribution in [2.45, 2.75) is 63.1 Å². The minimum Gasteiger partial charge on any atom is -0.372 e. The van der Waals surface area contributed by atoms with E-state index < -0.39 is 41.3 Å². The molecule has 1 amide bonds. The molecular weight excluding hydrogens is 530 g/mol. The second kappa shape index (κ2) is 11.9. The maximum absolute atomic E-state index is 13.4. The average Bonchev–Trinajstić information content (AvgIpc) is 3.39. The van der Waals surface area contributed by atoms with E-state index in [0.717, 1.165) is 17.7 Å². The third-order valence-electron chi connectivity index (χ3n) is 7.57. The summed E-state index contributed by atoms with van der Waals surface area (Å²) in [5.41, 5.74) is -1.99. The predicted molar refractivity (Wildman–Crippen MR) is 140 cm³/mol. The molecule has 3 aromatic rings. The molecule has 2 aromatic carbocycles. The number of aromatic amines is 1. The number of piperidine rings is 1. The van der Waals surface area contributed by atoms with Crippen molar-refractivity contribution >= 4 is 5.91 Å². The Labute approximate surface area is 229 Å². The predicted octanol–water partition coefficient (Wildman–Crippen LogP) is 4.34. The summed E-state index contributed by atoms with van der Waals surface area (Å²) in [6.45, 7) is 3.17. The third kappa shape index (κ3) is 6.28. The topological polar surface area (TPSA) is 101 Å². The van der Waals surface area contributed by atoms with Gasteiger partial charge in [-0.15, -0.1) is 0 Å². The average molecular weight is 564 g/mol. The normalized spacial score (nSPS) is 22.1. The van der Waals surface area contributed by atoms with Crippen LogP contribution in [0.5, 0.6) is 0 Å². The van der Waals surface area contributed by atoms with Crippen LogP contribution in [0.3, 0.4) is 0 Å². The Morgan fingerprint density at radius 2 is 1.95 bits per heavy atom. The molecule has 1 aromatic heterocycles. The van der Waals surface area contributed by atoms with E-state index in [9.17, 15) is 27.2 Å². The van der Waals surface area contributed by atoms with Gasteiger partial charge < -0.3 is 15.4 Å². The molecule has 4 rings (SSSR count). The summed E-state index contributed by atoms with van der Waals surface area (Å²) < 4.78 is 61.3. The molecular formula is C28H33F4N5O3. The van der Waals surface area contributed by atoms with E-state index in [2.05, 4.69) is 20.8 Å². The first-order chi connectivity index (χ1) is 19.0. The molecule has 0 saturated carbocycles. The zero-order chi connectivity index (χ0) is 29.0. The third-order valence-corrected chi connectivity index (χ3v) is 7.57. The number of nitrogens with one attached hydrogen (secondary N) is 3. The molecule has 0 radical (unpaired) electrons. The largest absolute Gasteiger partial charge is 0.416 e. The summed E-state index contributed by atoms with van der Waals surface area (Å²) in [6.07, 6.45) is -3.10. The number of H-pyrrole nitrogens is 1. The van der Waals surface area contributed by atoms with Gasteiger partial charge in [0, 0.05) is 13.1 Å². The van der Waals surface area contributed by atoms with Crippen LogP contribution in [0.4, 0.5) is 17.6 Å². The van der Waals surface area contributed by atoms with Gasteiger partial charge in [-0.05, 0) is 55.5 Å². The monoisotopic (exact) mass is 563 g/mol. The molecule has 8 nitrogen and oxygen atoms in total. The Bertz CT molecular complexity index is 1350. The van der Waals surface area contributed by atoms with Gasteiger partial charge in [-0.25, -0.2) is 14.3 Å². The van der Waals surface area contributed by atoms with Crippen LogP contribution in [0.1, 0.15) is 61.5 Å². The quantitative estimate of drug-likeness (QED) is 0.319. The number of alkyl halides is 4. The standard InChI is InChI=1S/C28H33F4N5O3/c1-3-33-24(38)14-26(37-18-35-36-25(37)39)9-10-27(34-16-26,22-7-5-4-6-8-22)17-40-19(2)21-11-20(15-29)12-23(13-21)28(30,31)32/h4-8,11-13,18-19,34H,3,9-10,14-17H2,1-2H3,(H,33,38)(H,36,39)/t19-,26-,27-/m1/s1. The molecule has 3 atom stereocenters. The molecule has 0 aliphatic carbocycles. The van der Waals surface area contributed by atoms with E-state index >= 15 is 0 Å². The van der Waals surface area contributed by atoms with Crippen molar-refractivity contribution in [2.24, 2.45) is 0 Å². The molecule has 1 aliphatic heterocycles. The van der Waals surface area contributed by atoms with E-state index in [1.54, 1.807) is 6.92 Å². The highest BCUT2D eigenvalue weighted by Crippen LogP contribution is 2.40. The van der Waals surface area contributed by atoms with Gasteiger partial charge in [0.2, 0.25) is 5.91 Å². The van der Waals surface area contributed by atoms with Gasteiger partial charge in [-0.1, -0.05) is 36.4 Å². The number of hydrogen-bond donors (Lipinski definition) is 3. The number of hydrogen-bond acceptors (Lipinski definition) is 5. The van der Waals surface area contributed by atoms with Crippen LogP contribution in [0.25, 0.3) is 0 Å². The van der Waals surface area contributed by atoms with Gasteiger partial charge in [0.05, 0.1) is 35.8 Å². The highest BCUT2D eigenvalue weighted by molar-refractivity contribution is 5.77. The molecule has 0 spiro atoms. The van der Waals surface area contributed by atoms with Crippen molar-refractivity contribution in [3.63, 3.8) is 0 Å². The molecule has 1 aliphatic rings. The van der Waals surface area contributed by atoms with E-state index in [1.165, 1.54) is 17.0 Å². The van der Waals surface area contributed by atoms with Crippen LogP contribution >= 0.6 is 0 Å². The minimum absolute atomic E-state index is 0.0473. The second-order valence-electron chi connectivity index (χ2n) is 10.2. The van der Waals surface area contributed by atoms with Crippen LogP contribution in [-0.2, 0) is 33.5 Å². The number of rotatable bonds is 10. The maximum atomic E-state index is 13.4. The summed E-state index contributed by atoms with van der Waals surface area (Å²) in [5, 5.41) is 12.6. The van der Waals surface area contributed by atoms with Crippen LogP contribution < -0.4 is 16.3 Å². The lowest BCUT2D eigenvalue weighted by atomic mass is 9.74. The Kier molecular flexibility index (Phi) is 8.79. The van der Waals surface area contributed by atoms with Crippen LogP contribution in [0.15, 0.2) is 59.7 Å². The summed E-state index contributed by atoms with van der Waals surface area (Å²) in [6, 6.07) is 12.6. The van der Waals surface area contributed by atoms with E-state index in [-0.39, 0.29) is 36.6 Å².